The molecule has 1 N–H and O–H groups in total. The maximum atomic E-state index is 9.10. The summed E-state index contributed by atoms with van der Waals surface area (Å²) in [4.78, 5) is 2.44. The second kappa shape index (κ2) is 4.98. The normalized spacial score (nSPS) is 21.6. The zero-order valence-corrected chi connectivity index (χ0v) is 10.2. The van der Waals surface area contributed by atoms with E-state index in [4.69, 9.17) is 5.11 Å². The molecule has 0 aliphatic carbocycles. The van der Waals surface area contributed by atoms with Gasteiger partial charge in [-0.2, -0.15) is 0 Å². The van der Waals surface area contributed by atoms with E-state index < -0.39 is 0 Å². The van der Waals surface area contributed by atoms with Crippen molar-refractivity contribution in [3.8, 4) is 0 Å². The Morgan fingerprint density at radius 3 is 2.75 bits per heavy atom. The van der Waals surface area contributed by atoms with E-state index in [1.54, 1.807) is 0 Å². The van der Waals surface area contributed by atoms with E-state index in [1.165, 1.54) is 16.7 Å². The summed E-state index contributed by atoms with van der Waals surface area (Å²) in [5, 5.41) is 9.10. The van der Waals surface area contributed by atoms with Crippen LogP contribution in [-0.2, 0) is 6.54 Å². The lowest BCUT2D eigenvalue weighted by Gasteiger charge is -2.16. The molecule has 0 radical (unpaired) electrons. The number of benzene rings is 1. The number of hydrogen-bond acceptors (Lipinski definition) is 2. The van der Waals surface area contributed by atoms with Crippen LogP contribution in [0.1, 0.15) is 23.1 Å². The van der Waals surface area contributed by atoms with Crippen molar-refractivity contribution in [3.63, 3.8) is 0 Å². The molecule has 88 valence electrons. The van der Waals surface area contributed by atoms with Crippen molar-refractivity contribution in [2.45, 2.75) is 26.8 Å². The highest BCUT2D eigenvalue weighted by molar-refractivity contribution is 5.29. The zero-order valence-electron chi connectivity index (χ0n) is 10.2. The number of nitrogens with zero attached hydrogens (tertiary/aromatic N) is 1. The van der Waals surface area contributed by atoms with Gasteiger partial charge in [-0.3, -0.25) is 4.90 Å². The van der Waals surface area contributed by atoms with Crippen molar-refractivity contribution in [1.29, 1.82) is 0 Å². The Hall–Kier alpha value is -0.860. The molecule has 1 aliphatic heterocycles. The van der Waals surface area contributed by atoms with Crippen molar-refractivity contribution in [3.05, 3.63) is 34.9 Å². The van der Waals surface area contributed by atoms with Crippen LogP contribution in [0.2, 0.25) is 0 Å². The lowest BCUT2D eigenvalue weighted by molar-refractivity contribution is 0.220. The standard InChI is InChI=1S/C14H21NO/c1-11-3-4-13(7-12(11)2)8-15-6-5-14(9-15)10-16/h3-4,7,14,16H,5-6,8-10H2,1-2H3/t14-/m1/s1. The van der Waals surface area contributed by atoms with Gasteiger partial charge in [-0.15, -0.1) is 0 Å². The molecule has 1 saturated heterocycles. The smallest absolute Gasteiger partial charge is 0.0471 e. The number of hydrogen-bond donors (Lipinski definition) is 1. The molecule has 0 spiro atoms. The van der Waals surface area contributed by atoms with Gasteiger partial charge >= 0.3 is 0 Å². The zero-order chi connectivity index (χ0) is 11.5. The van der Waals surface area contributed by atoms with E-state index in [1.807, 2.05) is 0 Å². The molecule has 2 rings (SSSR count). The van der Waals surface area contributed by atoms with Gasteiger partial charge in [0.2, 0.25) is 0 Å². The Balaban J connectivity index is 1.97. The van der Waals surface area contributed by atoms with Crippen molar-refractivity contribution in [2.24, 2.45) is 5.92 Å². The van der Waals surface area contributed by atoms with Crippen LogP contribution in [0.5, 0.6) is 0 Å². The molecule has 1 aromatic carbocycles. The van der Waals surface area contributed by atoms with Gasteiger partial charge < -0.3 is 5.11 Å². The minimum absolute atomic E-state index is 0.337. The van der Waals surface area contributed by atoms with Gasteiger partial charge in [0.05, 0.1) is 0 Å². The summed E-state index contributed by atoms with van der Waals surface area (Å²) < 4.78 is 0. The van der Waals surface area contributed by atoms with Crippen LogP contribution in [0.15, 0.2) is 18.2 Å². The number of likely N-dealkylation sites (tertiary alicyclic amines) is 1. The number of aliphatic hydroxyl groups excluding tert-OH is 1. The first-order valence-electron chi connectivity index (χ1n) is 6.08. The van der Waals surface area contributed by atoms with E-state index in [9.17, 15) is 0 Å². The molecular weight excluding hydrogens is 198 g/mol. The molecule has 1 heterocycles. The number of aliphatic hydroxyl groups is 1. The molecular formula is C14H21NO. The van der Waals surface area contributed by atoms with E-state index >= 15 is 0 Å². The highest BCUT2D eigenvalue weighted by Gasteiger charge is 2.21. The lowest BCUT2D eigenvalue weighted by Crippen LogP contribution is -2.21. The molecule has 0 aromatic heterocycles. The Morgan fingerprint density at radius 2 is 2.12 bits per heavy atom. The number of aryl methyl sites for hydroxylation is 2. The Bertz CT molecular complexity index is 362. The average Bonchev–Trinajstić information content (AvgIpc) is 2.71. The summed E-state index contributed by atoms with van der Waals surface area (Å²) in [6.07, 6.45) is 1.14. The molecule has 1 aromatic rings. The topological polar surface area (TPSA) is 23.5 Å². The SMILES string of the molecule is Cc1ccc(CN2CC[C@@H](CO)C2)cc1C. The highest BCUT2D eigenvalue weighted by atomic mass is 16.3. The number of rotatable bonds is 3. The fourth-order valence-electron chi connectivity index (χ4n) is 2.37. The summed E-state index contributed by atoms with van der Waals surface area (Å²) in [5.74, 6) is 0.492. The van der Waals surface area contributed by atoms with E-state index in [2.05, 4.69) is 36.9 Å². The van der Waals surface area contributed by atoms with Gasteiger partial charge in [0.15, 0.2) is 0 Å². The minimum atomic E-state index is 0.337. The van der Waals surface area contributed by atoms with Crippen LogP contribution in [0.3, 0.4) is 0 Å². The van der Waals surface area contributed by atoms with Gasteiger partial charge in [0, 0.05) is 19.7 Å². The summed E-state index contributed by atoms with van der Waals surface area (Å²) >= 11 is 0. The molecule has 2 heteroatoms. The van der Waals surface area contributed by atoms with Crippen LogP contribution in [0.25, 0.3) is 0 Å². The summed E-state index contributed by atoms with van der Waals surface area (Å²) in [5.41, 5.74) is 4.12. The van der Waals surface area contributed by atoms with E-state index in [0.29, 0.717) is 12.5 Å². The summed E-state index contributed by atoms with van der Waals surface area (Å²) in [7, 11) is 0. The van der Waals surface area contributed by atoms with Crippen LogP contribution in [0, 0.1) is 19.8 Å². The summed E-state index contributed by atoms with van der Waals surface area (Å²) in [6.45, 7) is 7.85. The minimum Gasteiger partial charge on any atom is -0.396 e. The molecule has 1 aliphatic rings. The monoisotopic (exact) mass is 219 g/mol. The molecule has 0 saturated carbocycles. The third-order valence-corrected chi connectivity index (χ3v) is 3.61. The molecule has 0 amide bonds. The average molecular weight is 219 g/mol. The fourth-order valence-corrected chi connectivity index (χ4v) is 2.37. The van der Waals surface area contributed by atoms with Gasteiger partial charge in [-0.1, -0.05) is 18.2 Å². The quantitative estimate of drug-likeness (QED) is 0.841. The molecule has 0 bridgehead atoms. The van der Waals surface area contributed by atoms with Crippen molar-refractivity contribution in [2.75, 3.05) is 19.7 Å². The summed E-state index contributed by atoms with van der Waals surface area (Å²) in [6, 6.07) is 6.69. The van der Waals surface area contributed by atoms with Crippen molar-refractivity contribution < 1.29 is 5.11 Å². The first kappa shape index (κ1) is 11.6. The van der Waals surface area contributed by atoms with Crippen molar-refractivity contribution >= 4 is 0 Å². The first-order chi connectivity index (χ1) is 7.69. The second-order valence-corrected chi connectivity index (χ2v) is 4.99. The van der Waals surface area contributed by atoms with E-state index in [0.717, 1.165) is 26.1 Å². The largest absolute Gasteiger partial charge is 0.396 e. The van der Waals surface area contributed by atoms with Crippen LogP contribution in [0.4, 0.5) is 0 Å². The third-order valence-electron chi connectivity index (χ3n) is 3.61. The van der Waals surface area contributed by atoms with Gasteiger partial charge in [0.1, 0.15) is 0 Å². The lowest BCUT2D eigenvalue weighted by atomic mass is 10.1. The Kier molecular flexibility index (Phi) is 3.62. The Morgan fingerprint density at radius 1 is 1.31 bits per heavy atom. The van der Waals surface area contributed by atoms with Crippen molar-refractivity contribution in [1.82, 2.24) is 4.90 Å². The highest BCUT2D eigenvalue weighted by Crippen LogP contribution is 2.19. The van der Waals surface area contributed by atoms with Gasteiger partial charge in [-0.05, 0) is 49.4 Å². The molecule has 2 nitrogen and oxygen atoms in total. The molecule has 1 fully saturated rings. The second-order valence-electron chi connectivity index (χ2n) is 4.99. The van der Waals surface area contributed by atoms with Gasteiger partial charge in [0.25, 0.3) is 0 Å². The maximum Gasteiger partial charge on any atom is 0.0471 e. The Labute approximate surface area is 97.9 Å². The fraction of sp³-hybridized carbons (Fsp3) is 0.571. The van der Waals surface area contributed by atoms with Crippen LogP contribution in [-0.4, -0.2) is 29.7 Å². The molecule has 1 atom stereocenters. The molecule has 16 heavy (non-hydrogen) atoms. The van der Waals surface area contributed by atoms with Gasteiger partial charge in [-0.25, -0.2) is 0 Å². The predicted molar refractivity (Wildman–Crippen MR) is 66.4 cm³/mol. The molecule has 0 unspecified atom stereocenters. The van der Waals surface area contributed by atoms with E-state index in [-0.39, 0.29) is 0 Å². The first-order valence-corrected chi connectivity index (χ1v) is 6.08. The predicted octanol–water partition coefficient (Wildman–Crippen LogP) is 2.12. The third kappa shape index (κ3) is 2.63. The van der Waals surface area contributed by atoms with Crippen LogP contribution < -0.4 is 0 Å². The van der Waals surface area contributed by atoms with Crippen LogP contribution >= 0.6 is 0 Å². The maximum absolute atomic E-state index is 9.10.